The third kappa shape index (κ3) is 2.62. The van der Waals surface area contributed by atoms with Crippen molar-refractivity contribution in [3.63, 3.8) is 0 Å². The fourth-order valence-corrected chi connectivity index (χ4v) is 1.77. The summed E-state index contributed by atoms with van der Waals surface area (Å²) in [6.07, 6.45) is 1.36. The van der Waals surface area contributed by atoms with Gasteiger partial charge in [-0.3, -0.25) is 0 Å². The summed E-state index contributed by atoms with van der Waals surface area (Å²) in [7, 11) is 1.61. The number of nitrogens with one attached hydrogen (secondary N) is 1. The van der Waals surface area contributed by atoms with Gasteiger partial charge in [0.15, 0.2) is 11.4 Å². The number of aromatic nitrogens is 2. The molecule has 0 fully saturated rings. The molecule has 0 bridgehead atoms. The van der Waals surface area contributed by atoms with E-state index in [0.29, 0.717) is 16.8 Å². The van der Waals surface area contributed by atoms with Gasteiger partial charge in [0.05, 0.1) is 11.9 Å². The number of halogens is 1. The molecule has 6 heteroatoms. The van der Waals surface area contributed by atoms with E-state index in [0.717, 1.165) is 0 Å². The van der Waals surface area contributed by atoms with Crippen LogP contribution in [0.2, 0.25) is 0 Å². The molecule has 2 heterocycles. The molecule has 0 atom stereocenters. The molecule has 0 aliphatic heterocycles. The zero-order chi connectivity index (χ0) is 14.8. The van der Waals surface area contributed by atoms with Crippen molar-refractivity contribution in [2.24, 2.45) is 0 Å². The predicted molar refractivity (Wildman–Crippen MR) is 75.4 cm³/mol. The third-order valence-corrected chi connectivity index (χ3v) is 2.79. The van der Waals surface area contributed by atoms with Crippen molar-refractivity contribution in [3.05, 3.63) is 47.9 Å². The number of pyridine rings is 1. The molecule has 0 radical (unpaired) electrons. The number of rotatable bonds is 1. The summed E-state index contributed by atoms with van der Waals surface area (Å²) in [4.78, 5) is 8.15. The van der Waals surface area contributed by atoms with E-state index in [-0.39, 0.29) is 17.3 Å². The number of oxazole rings is 1. The highest BCUT2D eigenvalue weighted by Gasteiger charge is 2.04. The predicted octanol–water partition coefficient (Wildman–Crippen LogP) is 2.51. The van der Waals surface area contributed by atoms with Gasteiger partial charge in [-0.2, -0.15) is 0 Å². The van der Waals surface area contributed by atoms with E-state index in [1.54, 1.807) is 13.1 Å². The maximum Gasteiger partial charge on any atom is 0.274 e. The van der Waals surface area contributed by atoms with Crippen molar-refractivity contribution >= 4 is 16.8 Å². The number of anilines is 1. The van der Waals surface area contributed by atoms with Crippen LogP contribution in [-0.4, -0.2) is 22.1 Å². The highest BCUT2D eigenvalue weighted by molar-refractivity contribution is 5.74. The molecule has 0 aliphatic rings. The molecular weight excluding hydrogens is 273 g/mol. The summed E-state index contributed by atoms with van der Waals surface area (Å²) in [5.74, 6) is 5.19. The summed E-state index contributed by atoms with van der Waals surface area (Å²) >= 11 is 0. The molecular formula is C15H10FN3O2. The Labute approximate surface area is 119 Å². The molecule has 21 heavy (non-hydrogen) atoms. The highest BCUT2D eigenvalue weighted by Crippen LogP contribution is 2.20. The van der Waals surface area contributed by atoms with E-state index in [1.807, 2.05) is 0 Å². The van der Waals surface area contributed by atoms with Crippen molar-refractivity contribution in [2.45, 2.75) is 0 Å². The van der Waals surface area contributed by atoms with Crippen LogP contribution >= 0.6 is 0 Å². The van der Waals surface area contributed by atoms with E-state index in [1.165, 1.54) is 24.4 Å². The van der Waals surface area contributed by atoms with Crippen molar-refractivity contribution in [1.82, 2.24) is 9.97 Å². The summed E-state index contributed by atoms with van der Waals surface area (Å²) in [6, 6.07) is 5.81. The second-order valence-electron chi connectivity index (χ2n) is 4.22. The topological polar surface area (TPSA) is 71.2 Å². The molecule has 0 saturated heterocycles. The standard InChI is InChI=1S/C15H10FN3O2/c1-17-13-8-18-9(6-11(13)16)2-5-15-19-12-4-3-10(20)7-14(12)21-15/h3-4,6-8,17,20H,1H3. The largest absolute Gasteiger partial charge is 0.508 e. The number of hydrogen-bond acceptors (Lipinski definition) is 5. The summed E-state index contributed by atoms with van der Waals surface area (Å²) in [5.41, 5.74) is 1.60. The van der Waals surface area contributed by atoms with Crippen molar-refractivity contribution in [2.75, 3.05) is 12.4 Å². The Kier molecular flexibility index (Phi) is 3.16. The van der Waals surface area contributed by atoms with Gasteiger partial charge in [0, 0.05) is 19.2 Å². The number of aromatic hydroxyl groups is 1. The Morgan fingerprint density at radius 3 is 2.90 bits per heavy atom. The highest BCUT2D eigenvalue weighted by atomic mass is 19.1. The first kappa shape index (κ1) is 12.9. The molecule has 0 saturated carbocycles. The summed E-state index contributed by atoms with van der Waals surface area (Å²) < 4.78 is 18.9. The Hall–Kier alpha value is -3.07. The molecule has 2 aromatic heterocycles. The lowest BCUT2D eigenvalue weighted by atomic mass is 10.3. The molecule has 0 amide bonds. The lowest BCUT2D eigenvalue weighted by molar-refractivity contribution is 0.474. The van der Waals surface area contributed by atoms with E-state index in [4.69, 9.17) is 4.42 Å². The molecule has 3 rings (SSSR count). The molecule has 0 aliphatic carbocycles. The molecule has 2 N–H and O–H groups in total. The summed E-state index contributed by atoms with van der Waals surface area (Å²) in [6.45, 7) is 0. The lowest BCUT2D eigenvalue weighted by Crippen LogP contribution is -1.95. The first-order valence-corrected chi connectivity index (χ1v) is 6.10. The van der Waals surface area contributed by atoms with Crippen molar-refractivity contribution in [1.29, 1.82) is 0 Å². The van der Waals surface area contributed by atoms with Crippen molar-refractivity contribution < 1.29 is 13.9 Å². The van der Waals surface area contributed by atoms with E-state index < -0.39 is 5.82 Å². The first-order valence-electron chi connectivity index (χ1n) is 6.10. The average Bonchev–Trinajstić information content (AvgIpc) is 2.87. The van der Waals surface area contributed by atoms with Gasteiger partial charge < -0.3 is 14.8 Å². The number of phenols is 1. The minimum Gasteiger partial charge on any atom is -0.508 e. The second kappa shape index (κ2) is 5.13. The molecule has 0 spiro atoms. The molecule has 104 valence electrons. The SMILES string of the molecule is CNc1cnc(C#Cc2nc3ccc(O)cc3o2)cc1F. The maximum absolute atomic E-state index is 13.6. The van der Waals surface area contributed by atoms with Gasteiger partial charge in [0.1, 0.15) is 17.0 Å². The quantitative estimate of drug-likeness (QED) is 0.671. The Morgan fingerprint density at radius 2 is 2.14 bits per heavy atom. The number of fused-ring (bicyclic) bond motifs is 1. The second-order valence-corrected chi connectivity index (χ2v) is 4.22. The monoisotopic (exact) mass is 283 g/mol. The Balaban J connectivity index is 1.93. The number of phenolic OH excluding ortho intramolecular Hbond substituents is 1. The first-order chi connectivity index (χ1) is 10.2. The van der Waals surface area contributed by atoms with Crippen LogP contribution in [0.3, 0.4) is 0 Å². The van der Waals surface area contributed by atoms with Crippen LogP contribution in [0.5, 0.6) is 5.75 Å². The number of benzene rings is 1. The minimum atomic E-state index is -0.431. The number of nitrogens with zero attached hydrogens (tertiary/aromatic N) is 2. The molecule has 3 aromatic rings. The van der Waals surface area contributed by atoms with Crippen LogP contribution in [0.4, 0.5) is 10.1 Å². The van der Waals surface area contributed by atoms with E-state index in [2.05, 4.69) is 27.1 Å². The van der Waals surface area contributed by atoms with Gasteiger partial charge in [0.2, 0.25) is 0 Å². The molecule has 0 unspecified atom stereocenters. The fourth-order valence-electron chi connectivity index (χ4n) is 1.77. The third-order valence-electron chi connectivity index (χ3n) is 2.79. The number of hydrogen-bond donors (Lipinski definition) is 2. The maximum atomic E-state index is 13.6. The van der Waals surface area contributed by atoms with E-state index >= 15 is 0 Å². The van der Waals surface area contributed by atoms with Gasteiger partial charge in [-0.15, -0.1) is 0 Å². The van der Waals surface area contributed by atoms with Gasteiger partial charge in [-0.25, -0.2) is 14.4 Å². The average molecular weight is 283 g/mol. The van der Waals surface area contributed by atoms with Crippen LogP contribution in [0.1, 0.15) is 11.6 Å². The molecule has 5 nitrogen and oxygen atoms in total. The zero-order valence-electron chi connectivity index (χ0n) is 11.0. The smallest absolute Gasteiger partial charge is 0.274 e. The Morgan fingerprint density at radius 1 is 1.29 bits per heavy atom. The van der Waals surface area contributed by atoms with Crippen LogP contribution in [-0.2, 0) is 0 Å². The Bertz CT molecular complexity index is 877. The van der Waals surface area contributed by atoms with Gasteiger partial charge in [0.25, 0.3) is 5.89 Å². The fraction of sp³-hybridized carbons (Fsp3) is 0.0667. The van der Waals surface area contributed by atoms with Gasteiger partial charge in [-0.1, -0.05) is 0 Å². The van der Waals surface area contributed by atoms with E-state index in [9.17, 15) is 9.50 Å². The van der Waals surface area contributed by atoms with Crippen LogP contribution in [0, 0.1) is 17.7 Å². The minimum absolute atomic E-state index is 0.0875. The van der Waals surface area contributed by atoms with Crippen LogP contribution in [0.15, 0.2) is 34.9 Å². The van der Waals surface area contributed by atoms with Crippen LogP contribution in [0.25, 0.3) is 11.1 Å². The summed E-state index contributed by atoms with van der Waals surface area (Å²) in [5, 5.41) is 12.0. The lowest BCUT2D eigenvalue weighted by Gasteiger charge is -1.99. The zero-order valence-corrected chi connectivity index (χ0v) is 11.0. The van der Waals surface area contributed by atoms with Crippen molar-refractivity contribution in [3.8, 4) is 17.6 Å². The normalized spacial score (nSPS) is 10.2. The van der Waals surface area contributed by atoms with Gasteiger partial charge in [-0.05, 0) is 24.0 Å². The molecule has 1 aromatic carbocycles. The van der Waals surface area contributed by atoms with Crippen LogP contribution < -0.4 is 5.32 Å². The van der Waals surface area contributed by atoms with Gasteiger partial charge >= 0.3 is 0 Å².